The van der Waals surface area contributed by atoms with Crippen molar-refractivity contribution in [1.82, 2.24) is 14.4 Å². The van der Waals surface area contributed by atoms with Crippen molar-refractivity contribution in [2.75, 3.05) is 26.6 Å². The smallest absolute Gasteiger partial charge is 0.337 e. The summed E-state index contributed by atoms with van der Waals surface area (Å²) in [5.74, 6) is 2.18. The minimum Gasteiger partial charge on any atom is -0.497 e. The summed E-state index contributed by atoms with van der Waals surface area (Å²) in [5, 5.41) is 12.7. The van der Waals surface area contributed by atoms with Gasteiger partial charge in [0.15, 0.2) is 5.82 Å². The highest BCUT2D eigenvalue weighted by molar-refractivity contribution is 5.91. The lowest BCUT2D eigenvalue weighted by Crippen LogP contribution is -2.06. The van der Waals surface area contributed by atoms with Crippen molar-refractivity contribution >= 4 is 17.3 Å². The summed E-state index contributed by atoms with van der Waals surface area (Å²) in [7, 11) is 4.56. The van der Waals surface area contributed by atoms with Gasteiger partial charge in [-0.05, 0) is 24.3 Å². The SMILES string of the molecule is COC(=O)c1ccc(-c2nc(CC#N)n3ccnc(NCc4ccc(OC)cc4OC)c23)cc1. The van der Waals surface area contributed by atoms with Gasteiger partial charge < -0.3 is 19.5 Å². The molecule has 0 amide bonds. The lowest BCUT2D eigenvalue weighted by atomic mass is 10.1. The third-order valence-electron chi connectivity index (χ3n) is 5.38. The van der Waals surface area contributed by atoms with Gasteiger partial charge in [0.05, 0.1) is 39.4 Å². The Labute approximate surface area is 196 Å². The second-order valence-electron chi connectivity index (χ2n) is 7.31. The van der Waals surface area contributed by atoms with Crippen molar-refractivity contribution in [2.45, 2.75) is 13.0 Å². The van der Waals surface area contributed by atoms with Crippen LogP contribution in [0.4, 0.5) is 5.82 Å². The van der Waals surface area contributed by atoms with Crippen LogP contribution in [-0.2, 0) is 17.7 Å². The number of anilines is 1. The van der Waals surface area contributed by atoms with E-state index in [1.165, 1.54) is 7.11 Å². The van der Waals surface area contributed by atoms with E-state index in [0.717, 1.165) is 16.6 Å². The normalized spacial score (nSPS) is 10.5. The number of carbonyl (C=O) groups is 1. The van der Waals surface area contributed by atoms with Crippen LogP contribution in [0.2, 0.25) is 0 Å². The van der Waals surface area contributed by atoms with E-state index >= 15 is 0 Å². The Morgan fingerprint density at radius 3 is 2.59 bits per heavy atom. The molecule has 0 fully saturated rings. The van der Waals surface area contributed by atoms with E-state index in [4.69, 9.17) is 19.2 Å². The van der Waals surface area contributed by atoms with Crippen molar-refractivity contribution in [3.63, 3.8) is 0 Å². The first-order valence-corrected chi connectivity index (χ1v) is 10.5. The highest BCUT2D eigenvalue weighted by Crippen LogP contribution is 2.31. The molecule has 9 heteroatoms. The first-order chi connectivity index (χ1) is 16.6. The molecule has 9 nitrogen and oxygen atoms in total. The molecular weight excluding hydrogens is 434 g/mol. The molecular formula is C25H23N5O4. The van der Waals surface area contributed by atoms with E-state index in [-0.39, 0.29) is 6.42 Å². The fourth-order valence-electron chi connectivity index (χ4n) is 3.69. The van der Waals surface area contributed by atoms with Crippen molar-refractivity contribution in [1.29, 1.82) is 5.26 Å². The van der Waals surface area contributed by atoms with Crippen molar-refractivity contribution in [3.05, 3.63) is 71.8 Å². The van der Waals surface area contributed by atoms with Crippen LogP contribution in [0.25, 0.3) is 16.8 Å². The second kappa shape index (κ2) is 9.92. The van der Waals surface area contributed by atoms with Crippen LogP contribution in [0.5, 0.6) is 11.5 Å². The van der Waals surface area contributed by atoms with Gasteiger partial charge in [-0.3, -0.25) is 4.40 Å². The van der Waals surface area contributed by atoms with E-state index in [0.29, 0.717) is 40.9 Å². The number of benzene rings is 2. The highest BCUT2D eigenvalue weighted by Gasteiger charge is 2.18. The van der Waals surface area contributed by atoms with Gasteiger partial charge in [0.1, 0.15) is 28.5 Å². The predicted molar refractivity (Wildman–Crippen MR) is 126 cm³/mol. The first-order valence-electron chi connectivity index (χ1n) is 10.5. The number of ether oxygens (including phenoxy) is 3. The first kappa shape index (κ1) is 22.6. The maximum absolute atomic E-state index is 11.8. The van der Waals surface area contributed by atoms with Crippen LogP contribution in [0.3, 0.4) is 0 Å². The van der Waals surface area contributed by atoms with E-state index in [9.17, 15) is 10.1 Å². The highest BCUT2D eigenvalue weighted by atomic mass is 16.5. The van der Waals surface area contributed by atoms with Crippen molar-refractivity contribution < 1.29 is 19.0 Å². The summed E-state index contributed by atoms with van der Waals surface area (Å²) in [6.07, 6.45) is 3.57. The quantitative estimate of drug-likeness (QED) is 0.397. The molecule has 34 heavy (non-hydrogen) atoms. The number of hydrogen-bond donors (Lipinski definition) is 1. The van der Waals surface area contributed by atoms with Crippen LogP contribution in [0.1, 0.15) is 21.7 Å². The average molecular weight is 457 g/mol. The number of methoxy groups -OCH3 is 3. The Balaban J connectivity index is 1.75. The lowest BCUT2D eigenvalue weighted by molar-refractivity contribution is 0.0600. The van der Waals surface area contributed by atoms with E-state index in [1.54, 1.807) is 50.9 Å². The van der Waals surface area contributed by atoms with E-state index < -0.39 is 5.97 Å². The Kier molecular flexibility index (Phi) is 6.59. The van der Waals surface area contributed by atoms with Crippen molar-refractivity contribution in [2.24, 2.45) is 0 Å². The number of carbonyl (C=O) groups excluding carboxylic acids is 1. The number of nitriles is 1. The summed E-state index contributed by atoms with van der Waals surface area (Å²) in [6, 6.07) is 14.7. The van der Waals surface area contributed by atoms with E-state index in [1.807, 2.05) is 22.6 Å². The van der Waals surface area contributed by atoms with Gasteiger partial charge in [0.2, 0.25) is 0 Å². The Hall–Kier alpha value is -4.58. The van der Waals surface area contributed by atoms with Crippen LogP contribution in [0, 0.1) is 11.3 Å². The van der Waals surface area contributed by atoms with E-state index in [2.05, 4.69) is 16.4 Å². The molecule has 1 N–H and O–H groups in total. The van der Waals surface area contributed by atoms with Crippen LogP contribution < -0.4 is 14.8 Å². The summed E-state index contributed by atoms with van der Waals surface area (Å²) >= 11 is 0. The molecule has 0 aliphatic heterocycles. The predicted octanol–water partition coefficient (Wildman–Crippen LogP) is 3.88. The van der Waals surface area contributed by atoms with Crippen molar-refractivity contribution in [3.8, 4) is 28.8 Å². The number of nitrogens with zero attached hydrogens (tertiary/aromatic N) is 4. The number of aromatic nitrogens is 3. The molecule has 0 radical (unpaired) electrons. The number of imidazole rings is 1. The molecule has 0 atom stereocenters. The fraction of sp³-hybridized carbons (Fsp3) is 0.200. The lowest BCUT2D eigenvalue weighted by Gasteiger charge is -2.13. The van der Waals surface area contributed by atoms with Gasteiger partial charge in [0.25, 0.3) is 0 Å². The van der Waals surface area contributed by atoms with Crippen LogP contribution in [0.15, 0.2) is 54.9 Å². The second-order valence-corrected chi connectivity index (χ2v) is 7.31. The van der Waals surface area contributed by atoms with Crippen LogP contribution in [-0.4, -0.2) is 41.7 Å². The third kappa shape index (κ3) is 4.34. The molecule has 2 aromatic heterocycles. The molecule has 4 rings (SSSR count). The number of nitrogens with one attached hydrogen (secondary N) is 1. The number of hydrogen-bond acceptors (Lipinski definition) is 8. The third-order valence-corrected chi connectivity index (χ3v) is 5.38. The molecule has 0 saturated heterocycles. The molecule has 0 aliphatic carbocycles. The molecule has 0 aliphatic rings. The summed E-state index contributed by atoms with van der Waals surface area (Å²) in [5.41, 5.74) is 3.53. The molecule has 2 heterocycles. The number of fused-ring (bicyclic) bond motifs is 1. The van der Waals surface area contributed by atoms with Gasteiger partial charge in [-0.1, -0.05) is 12.1 Å². The maximum atomic E-state index is 11.8. The Morgan fingerprint density at radius 1 is 1.12 bits per heavy atom. The molecule has 0 saturated carbocycles. The zero-order valence-electron chi connectivity index (χ0n) is 19.0. The van der Waals surface area contributed by atoms with Crippen LogP contribution >= 0.6 is 0 Å². The fourth-order valence-corrected chi connectivity index (χ4v) is 3.69. The molecule has 0 bridgehead atoms. The monoisotopic (exact) mass is 457 g/mol. The minimum absolute atomic E-state index is 0.136. The molecule has 0 unspecified atom stereocenters. The summed E-state index contributed by atoms with van der Waals surface area (Å²) < 4.78 is 17.4. The molecule has 172 valence electrons. The molecule has 2 aromatic carbocycles. The van der Waals surface area contributed by atoms with Gasteiger partial charge in [-0.25, -0.2) is 14.8 Å². The molecule has 0 spiro atoms. The Bertz CT molecular complexity index is 1370. The van der Waals surface area contributed by atoms with Gasteiger partial charge in [-0.15, -0.1) is 0 Å². The minimum atomic E-state index is -0.413. The van der Waals surface area contributed by atoms with Gasteiger partial charge in [-0.2, -0.15) is 5.26 Å². The topological polar surface area (TPSA) is 111 Å². The summed E-state index contributed by atoms with van der Waals surface area (Å²) in [4.78, 5) is 21.1. The number of esters is 1. The standard InChI is InChI=1S/C25H23N5O4/c1-32-19-9-8-18(20(14-19)33-2)15-28-24-23-22(16-4-6-17(7-5-16)25(31)34-3)29-21(10-11-26)30(23)13-12-27-24/h4-9,12-14H,10,15H2,1-3H3,(H,27,28). The Morgan fingerprint density at radius 2 is 1.91 bits per heavy atom. The zero-order chi connectivity index (χ0) is 24.1. The number of rotatable bonds is 8. The largest absolute Gasteiger partial charge is 0.497 e. The average Bonchev–Trinajstić information content (AvgIpc) is 3.26. The maximum Gasteiger partial charge on any atom is 0.337 e. The van der Waals surface area contributed by atoms with Gasteiger partial charge in [0, 0.05) is 36.1 Å². The summed E-state index contributed by atoms with van der Waals surface area (Å²) in [6.45, 7) is 0.444. The zero-order valence-corrected chi connectivity index (χ0v) is 19.0. The molecule has 4 aromatic rings. The van der Waals surface area contributed by atoms with Gasteiger partial charge >= 0.3 is 5.97 Å².